The number of hydrogen-bond donors (Lipinski definition) is 0. The van der Waals surface area contributed by atoms with E-state index >= 15 is 0 Å². The minimum absolute atomic E-state index is 0.00502. The van der Waals surface area contributed by atoms with Gasteiger partial charge in [-0.1, -0.05) is 0 Å². The van der Waals surface area contributed by atoms with E-state index in [1.54, 1.807) is 24.3 Å². The number of ether oxygens (including phenoxy) is 1. The molecule has 0 aliphatic carbocycles. The van der Waals surface area contributed by atoms with Gasteiger partial charge in [0.15, 0.2) is 0 Å². The molecule has 0 saturated carbocycles. The van der Waals surface area contributed by atoms with Gasteiger partial charge in [0.25, 0.3) is 5.56 Å². The molecule has 0 radical (unpaired) electrons. The molecule has 0 amide bonds. The number of fused-ring (bicyclic) bond motifs is 1. The van der Waals surface area contributed by atoms with Crippen molar-refractivity contribution in [3.8, 4) is 11.4 Å². The van der Waals surface area contributed by atoms with Crippen LogP contribution in [-0.2, 0) is 0 Å². The fraction of sp³-hybridized carbons (Fsp3) is 0.0667. The van der Waals surface area contributed by atoms with E-state index in [0.29, 0.717) is 11.4 Å². The predicted molar refractivity (Wildman–Crippen MR) is 74.6 cm³/mol. The molecule has 0 atom stereocenters. The van der Waals surface area contributed by atoms with Crippen molar-refractivity contribution in [2.24, 2.45) is 0 Å². The Kier molecular flexibility index (Phi) is 3.06. The number of halogens is 1. The standard InChI is InChI=1S/C15H10FNO4/c1-20-11-5-3-10(4-6-11)17-14(18)12-8-9(16)2-7-13(12)21-15(17)19/h2-8H,1H3. The maximum atomic E-state index is 13.3. The molecule has 1 heterocycles. The Hall–Kier alpha value is -2.89. The molecule has 0 unspecified atom stereocenters. The Labute approximate surface area is 117 Å². The van der Waals surface area contributed by atoms with E-state index < -0.39 is 17.1 Å². The van der Waals surface area contributed by atoms with E-state index in [0.717, 1.165) is 16.7 Å². The summed E-state index contributed by atoms with van der Waals surface area (Å²) in [6.07, 6.45) is 0. The van der Waals surface area contributed by atoms with E-state index in [-0.39, 0.29) is 11.0 Å². The van der Waals surface area contributed by atoms with Gasteiger partial charge in [-0.05, 0) is 42.5 Å². The summed E-state index contributed by atoms with van der Waals surface area (Å²) in [5, 5.41) is 0.00502. The molecule has 3 rings (SSSR count). The average Bonchev–Trinajstić information content (AvgIpc) is 2.49. The number of methoxy groups -OCH3 is 1. The minimum atomic E-state index is -0.829. The Bertz CT molecular complexity index is 925. The van der Waals surface area contributed by atoms with Gasteiger partial charge in [-0.25, -0.2) is 13.8 Å². The van der Waals surface area contributed by atoms with Crippen LogP contribution in [0.3, 0.4) is 0 Å². The third kappa shape index (κ3) is 2.20. The monoisotopic (exact) mass is 287 g/mol. The summed E-state index contributed by atoms with van der Waals surface area (Å²) in [7, 11) is 1.51. The van der Waals surface area contributed by atoms with Crippen molar-refractivity contribution in [3.05, 3.63) is 69.2 Å². The summed E-state index contributed by atoms with van der Waals surface area (Å²) in [5.74, 6) is -0.818. The Balaban J connectivity index is 2.31. The van der Waals surface area contributed by atoms with Crippen molar-refractivity contribution >= 4 is 11.0 Å². The van der Waals surface area contributed by atoms with Gasteiger partial charge in [0.2, 0.25) is 0 Å². The summed E-state index contributed by atoms with van der Waals surface area (Å²) >= 11 is 0. The second kappa shape index (κ2) is 4.90. The highest BCUT2D eigenvalue weighted by atomic mass is 19.1. The van der Waals surface area contributed by atoms with Crippen molar-refractivity contribution < 1.29 is 13.5 Å². The molecule has 0 aliphatic heterocycles. The van der Waals surface area contributed by atoms with Gasteiger partial charge in [-0.15, -0.1) is 0 Å². The van der Waals surface area contributed by atoms with Crippen LogP contribution in [0.5, 0.6) is 5.75 Å². The lowest BCUT2D eigenvalue weighted by molar-refractivity contribution is 0.414. The zero-order chi connectivity index (χ0) is 15.0. The molecule has 0 saturated heterocycles. The first kappa shape index (κ1) is 13.1. The number of rotatable bonds is 2. The van der Waals surface area contributed by atoms with Gasteiger partial charge >= 0.3 is 5.76 Å². The molecule has 1 aromatic heterocycles. The molecule has 0 spiro atoms. The van der Waals surface area contributed by atoms with E-state index in [9.17, 15) is 14.0 Å². The van der Waals surface area contributed by atoms with Crippen LogP contribution in [0.25, 0.3) is 16.7 Å². The predicted octanol–water partition coefficient (Wildman–Crippen LogP) is 2.09. The third-order valence-electron chi connectivity index (χ3n) is 3.09. The molecule has 0 N–H and O–H groups in total. The van der Waals surface area contributed by atoms with Crippen LogP contribution in [0.1, 0.15) is 0 Å². The molecular formula is C15H10FNO4. The van der Waals surface area contributed by atoms with Crippen LogP contribution in [0.4, 0.5) is 4.39 Å². The summed E-state index contributed by atoms with van der Waals surface area (Å²) in [5.41, 5.74) is -0.261. The summed E-state index contributed by atoms with van der Waals surface area (Å²) < 4.78 is 24.2. The number of nitrogens with zero attached hydrogens (tertiary/aromatic N) is 1. The van der Waals surface area contributed by atoms with Gasteiger partial charge in [-0.2, -0.15) is 0 Å². The fourth-order valence-corrected chi connectivity index (χ4v) is 2.06. The van der Waals surface area contributed by atoms with Gasteiger partial charge in [0.1, 0.15) is 17.1 Å². The van der Waals surface area contributed by atoms with Gasteiger partial charge in [-0.3, -0.25) is 4.79 Å². The first-order valence-electron chi connectivity index (χ1n) is 6.10. The van der Waals surface area contributed by atoms with Crippen molar-refractivity contribution in [2.45, 2.75) is 0 Å². The van der Waals surface area contributed by atoms with Crippen LogP contribution in [0.2, 0.25) is 0 Å². The third-order valence-corrected chi connectivity index (χ3v) is 3.09. The normalized spacial score (nSPS) is 10.8. The molecule has 21 heavy (non-hydrogen) atoms. The quantitative estimate of drug-likeness (QED) is 0.724. The summed E-state index contributed by atoms with van der Waals surface area (Å²) in [6, 6.07) is 9.73. The number of hydrogen-bond acceptors (Lipinski definition) is 4. The van der Waals surface area contributed by atoms with Crippen LogP contribution in [0, 0.1) is 5.82 Å². The Morgan fingerprint density at radius 2 is 1.81 bits per heavy atom. The molecule has 0 aliphatic rings. The second-order valence-corrected chi connectivity index (χ2v) is 4.35. The van der Waals surface area contributed by atoms with Gasteiger partial charge in [0, 0.05) is 0 Å². The minimum Gasteiger partial charge on any atom is -0.497 e. The first-order chi connectivity index (χ1) is 10.1. The summed E-state index contributed by atoms with van der Waals surface area (Å²) in [6.45, 7) is 0. The van der Waals surface area contributed by atoms with E-state index in [4.69, 9.17) is 9.15 Å². The molecule has 2 aromatic carbocycles. The molecule has 0 bridgehead atoms. The fourth-order valence-electron chi connectivity index (χ4n) is 2.06. The number of benzene rings is 2. The average molecular weight is 287 g/mol. The molecule has 106 valence electrons. The van der Waals surface area contributed by atoms with Gasteiger partial charge < -0.3 is 9.15 Å². The van der Waals surface area contributed by atoms with Crippen LogP contribution in [0.15, 0.2) is 56.5 Å². The van der Waals surface area contributed by atoms with Gasteiger partial charge in [0.05, 0.1) is 18.2 Å². The zero-order valence-corrected chi connectivity index (χ0v) is 11.0. The Morgan fingerprint density at radius 3 is 2.48 bits per heavy atom. The summed E-state index contributed by atoms with van der Waals surface area (Å²) in [4.78, 5) is 24.3. The van der Waals surface area contributed by atoms with Crippen LogP contribution in [-0.4, -0.2) is 11.7 Å². The topological polar surface area (TPSA) is 61.4 Å². The van der Waals surface area contributed by atoms with E-state index in [1.165, 1.54) is 13.2 Å². The lowest BCUT2D eigenvalue weighted by atomic mass is 10.2. The highest BCUT2D eigenvalue weighted by Crippen LogP contribution is 2.14. The largest absolute Gasteiger partial charge is 0.497 e. The maximum Gasteiger partial charge on any atom is 0.426 e. The molecule has 6 heteroatoms. The smallest absolute Gasteiger partial charge is 0.426 e. The molecule has 3 aromatic rings. The molecular weight excluding hydrogens is 277 g/mol. The van der Waals surface area contributed by atoms with Crippen LogP contribution >= 0.6 is 0 Å². The highest BCUT2D eigenvalue weighted by Gasteiger charge is 2.12. The van der Waals surface area contributed by atoms with E-state index in [1.807, 2.05) is 0 Å². The number of aromatic nitrogens is 1. The van der Waals surface area contributed by atoms with Crippen LogP contribution < -0.4 is 16.1 Å². The van der Waals surface area contributed by atoms with Crippen molar-refractivity contribution in [1.82, 2.24) is 4.57 Å². The lowest BCUT2D eigenvalue weighted by Gasteiger charge is -2.06. The highest BCUT2D eigenvalue weighted by molar-refractivity contribution is 5.75. The van der Waals surface area contributed by atoms with Crippen molar-refractivity contribution in [1.29, 1.82) is 0 Å². The maximum absolute atomic E-state index is 13.3. The Morgan fingerprint density at radius 1 is 1.10 bits per heavy atom. The SMILES string of the molecule is COc1ccc(-n2c(=O)oc3ccc(F)cc3c2=O)cc1. The van der Waals surface area contributed by atoms with E-state index in [2.05, 4.69) is 0 Å². The lowest BCUT2D eigenvalue weighted by Crippen LogP contribution is -2.30. The molecule has 0 fully saturated rings. The zero-order valence-electron chi connectivity index (χ0n) is 11.0. The van der Waals surface area contributed by atoms with Crippen molar-refractivity contribution in [3.63, 3.8) is 0 Å². The first-order valence-corrected chi connectivity index (χ1v) is 6.10. The second-order valence-electron chi connectivity index (χ2n) is 4.35. The van der Waals surface area contributed by atoms with Crippen molar-refractivity contribution in [2.75, 3.05) is 7.11 Å². The molecule has 5 nitrogen and oxygen atoms in total.